The SMILES string of the molecule is C=CC(=O)OCCCN(C)CCC(=O)O. The van der Waals surface area contributed by atoms with E-state index in [-0.39, 0.29) is 6.42 Å². The van der Waals surface area contributed by atoms with Crippen LogP contribution in [0.4, 0.5) is 0 Å². The summed E-state index contributed by atoms with van der Waals surface area (Å²) in [4.78, 5) is 22.8. The summed E-state index contributed by atoms with van der Waals surface area (Å²) in [6.45, 7) is 4.82. The number of aliphatic carboxylic acids is 1. The highest BCUT2D eigenvalue weighted by Crippen LogP contribution is 1.92. The molecule has 0 aliphatic heterocycles. The molecular weight excluding hydrogens is 198 g/mol. The second-order valence-corrected chi connectivity index (χ2v) is 3.17. The van der Waals surface area contributed by atoms with Crippen LogP contribution in [-0.4, -0.2) is 48.7 Å². The molecule has 86 valence electrons. The molecule has 0 aliphatic rings. The van der Waals surface area contributed by atoms with Gasteiger partial charge in [-0.1, -0.05) is 6.58 Å². The Balaban J connectivity index is 3.38. The molecule has 0 radical (unpaired) electrons. The van der Waals surface area contributed by atoms with Gasteiger partial charge in [0.2, 0.25) is 0 Å². The lowest BCUT2D eigenvalue weighted by Gasteiger charge is -2.14. The van der Waals surface area contributed by atoms with Crippen molar-refractivity contribution in [2.45, 2.75) is 12.8 Å². The van der Waals surface area contributed by atoms with Crippen molar-refractivity contribution in [3.63, 3.8) is 0 Å². The van der Waals surface area contributed by atoms with Crippen LogP contribution in [0.1, 0.15) is 12.8 Å². The minimum absolute atomic E-state index is 0.128. The van der Waals surface area contributed by atoms with E-state index in [0.717, 1.165) is 6.08 Å². The predicted octanol–water partition coefficient (Wildman–Crippen LogP) is 0.512. The first-order valence-corrected chi connectivity index (χ1v) is 4.75. The molecule has 0 heterocycles. The molecule has 0 spiro atoms. The monoisotopic (exact) mass is 215 g/mol. The summed E-state index contributed by atoms with van der Waals surface area (Å²) in [5.74, 6) is -1.23. The second-order valence-electron chi connectivity index (χ2n) is 3.17. The van der Waals surface area contributed by atoms with Gasteiger partial charge >= 0.3 is 11.9 Å². The van der Waals surface area contributed by atoms with Crippen molar-refractivity contribution in [3.8, 4) is 0 Å². The van der Waals surface area contributed by atoms with Crippen LogP contribution in [0.5, 0.6) is 0 Å². The Morgan fingerprint density at radius 1 is 1.47 bits per heavy atom. The van der Waals surface area contributed by atoms with E-state index in [1.807, 2.05) is 11.9 Å². The second kappa shape index (κ2) is 7.99. The minimum Gasteiger partial charge on any atom is -0.481 e. The summed E-state index contributed by atoms with van der Waals surface area (Å²) in [5, 5.41) is 8.43. The molecule has 0 aromatic carbocycles. The normalized spacial score (nSPS) is 10.0. The number of carboxylic acids is 1. The highest BCUT2D eigenvalue weighted by atomic mass is 16.5. The summed E-state index contributed by atoms with van der Waals surface area (Å²) in [5.41, 5.74) is 0. The fraction of sp³-hybridized carbons (Fsp3) is 0.600. The van der Waals surface area contributed by atoms with Crippen LogP contribution in [0.25, 0.3) is 0 Å². The van der Waals surface area contributed by atoms with Crippen LogP contribution in [0, 0.1) is 0 Å². The van der Waals surface area contributed by atoms with Crippen molar-refractivity contribution in [2.75, 3.05) is 26.7 Å². The highest BCUT2D eigenvalue weighted by Gasteiger charge is 2.02. The molecule has 0 aromatic rings. The van der Waals surface area contributed by atoms with Crippen molar-refractivity contribution >= 4 is 11.9 Å². The van der Waals surface area contributed by atoms with Gasteiger partial charge in [-0.15, -0.1) is 0 Å². The fourth-order valence-corrected chi connectivity index (χ4v) is 0.964. The number of hydrogen-bond acceptors (Lipinski definition) is 4. The third-order valence-electron chi connectivity index (χ3n) is 1.80. The van der Waals surface area contributed by atoms with E-state index in [1.165, 1.54) is 0 Å². The van der Waals surface area contributed by atoms with Gasteiger partial charge in [-0.3, -0.25) is 4.79 Å². The summed E-state index contributed by atoms with van der Waals surface area (Å²) >= 11 is 0. The maximum Gasteiger partial charge on any atom is 0.330 e. The predicted molar refractivity (Wildman–Crippen MR) is 55.5 cm³/mol. The molecule has 0 saturated carbocycles. The van der Waals surface area contributed by atoms with E-state index in [4.69, 9.17) is 9.84 Å². The number of ether oxygens (including phenoxy) is 1. The Hall–Kier alpha value is -1.36. The van der Waals surface area contributed by atoms with E-state index in [1.54, 1.807) is 0 Å². The minimum atomic E-state index is -0.806. The first-order valence-electron chi connectivity index (χ1n) is 4.75. The first kappa shape index (κ1) is 13.6. The lowest BCUT2D eigenvalue weighted by molar-refractivity contribution is -0.138. The molecule has 0 atom stereocenters. The van der Waals surface area contributed by atoms with Crippen LogP contribution in [0.2, 0.25) is 0 Å². The Bertz CT molecular complexity index is 227. The van der Waals surface area contributed by atoms with Gasteiger partial charge < -0.3 is 14.7 Å². The molecule has 0 amide bonds. The number of esters is 1. The Labute approximate surface area is 89.3 Å². The van der Waals surface area contributed by atoms with Gasteiger partial charge in [0, 0.05) is 19.2 Å². The zero-order valence-electron chi connectivity index (χ0n) is 8.94. The third-order valence-corrected chi connectivity index (χ3v) is 1.80. The van der Waals surface area contributed by atoms with Gasteiger partial charge in [0.05, 0.1) is 13.0 Å². The van der Waals surface area contributed by atoms with Gasteiger partial charge in [0.15, 0.2) is 0 Å². The lowest BCUT2D eigenvalue weighted by atomic mass is 10.3. The van der Waals surface area contributed by atoms with Gasteiger partial charge in [-0.05, 0) is 13.5 Å². The number of rotatable bonds is 8. The zero-order valence-corrected chi connectivity index (χ0v) is 8.94. The molecule has 0 saturated heterocycles. The molecule has 0 rings (SSSR count). The molecule has 0 unspecified atom stereocenters. The lowest BCUT2D eigenvalue weighted by Crippen LogP contribution is -2.24. The molecule has 0 aromatic heterocycles. The first-order chi connectivity index (χ1) is 7.06. The quantitative estimate of drug-likeness (QED) is 0.363. The summed E-state index contributed by atoms with van der Waals surface area (Å²) in [6.07, 6.45) is 1.94. The highest BCUT2D eigenvalue weighted by molar-refractivity contribution is 5.81. The van der Waals surface area contributed by atoms with Crippen molar-refractivity contribution in [1.29, 1.82) is 0 Å². The van der Waals surface area contributed by atoms with E-state index in [2.05, 4.69) is 6.58 Å². The number of carbonyl (C=O) groups excluding carboxylic acids is 1. The van der Waals surface area contributed by atoms with Crippen molar-refractivity contribution in [3.05, 3.63) is 12.7 Å². The maximum absolute atomic E-state index is 10.6. The summed E-state index contributed by atoms with van der Waals surface area (Å²) < 4.78 is 4.77. The van der Waals surface area contributed by atoms with Gasteiger partial charge in [-0.2, -0.15) is 0 Å². The van der Waals surface area contributed by atoms with E-state index < -0.39 is 11.9 Å². The van der Waals surface area contributed by atoms with E-state index in [0.29, 0.717) is 26.1 Å². The Morgan fingerprint density at radius 2 is 2.13 bits per heavy atom. The van der Waals surface area contributed by atoms with Gasteiger partial charge in [0.1, 0.15) is 0 Å². The topological polar surface area (TPSA) is 66.8 Å². The molecule has 0 bridgehead atoms. The molecule has 0 fully saturated rings. The van der Waals surface area contributed by atoms with E-state index >= 15 is 0 Å². The van der Waals surface area contributed by atoms with Crippen LogP contribution in [0.3, 0.4) is 0 Å². The number of nitrogens with zero attached hydrogens (tertiary/aromatic N) is 1. The smallest absolute Gasteiger partial charge is 0.330 e. The van der Waals surface area contributed by atoms with Crippen molar-refractivity contribution < 1.29 is 19.4 Å². The maximum atomic E-state index is 10.6. The molecular formula is C10H17NO4. The Morgan fingerprint density at radius 3 is 2.67 bits per heavy atom. The van der Waals surface area contributed by atoms with Crippen LogP contribution in [0.15, 0.2) is 12.7 Å². The molecule has 5 heteroatoms. The largest absolute Gasteiger partial charge is 0.481 e. The standard InChI is InChI=1S/C10H17NO4/c1-3-10(14)15-8-4-6-11(2)7-5-9(12)13/h3H,1,4-8H2,2H3,(H,12,13). The average molecular weight is 215 g/mol. The number of carbonyl (C=O) groups is 2. The van der Waals surface area contributed by atoms with Crippen LogP contribution in [-0.2, 0) is 14.3 Å². The molecule has 0 aliphatic carbocycles. The number of hydrogen-bond donors (Lipinski definition) is 1. The van der Waals surface area contributed by atoms with Crippen molar-refractivity contribution in [1.82, 2.24) is 4.90 Å². The van der Waals surface area contributed by atoms with E-state index in [9.17, 15) is 9.59 Å². The summed E-state index contributed by atoms with van der Waals surface area (Å²) in [6, 6.07) is 0. The molecule has 5 nitrogen and oxygen atoms in total. The fourth-order valence-electron chi connectivity index (χ4n) is 0.964. The number of carboxylic acid groups (broad SMARTS) is 1. The van der Waals surface area contributed by atoms with Crippen molar-refractivity contribution in [2.24, 2.45) is 0 Å². The molecule has 15 heavy (non-hydrogen) atoms. The van der Waals surface area contributed by atoms with Gasteiger partial charge in [-0.25, -0.2) is 4.79 Å². The van der Waals surface area contributed by atoms with Crippen LogP contribution >= 0.6 is 0 Å². The third kappa shape index (κ3) is 8.96. The van der Waals surface area contributed by atoms with Gasteiger partial charge in [0.25, 0.3) is 0 Å². The average Bonchev–Trinajstić information content (AvgIpc) is 2.21. The Kier molecular flexibility index (Phi) is 7.27. The van der Waals surface area contributed by atoms with Crippen LogP contribution < -0.4 is 0 Å². The zero-order chi connectivity index (χ0) is 11.7. The molecule has 1 N–H and O–H groups in total. The summed E-state index contributed by atoms with van der Waals surface area (Å²) in [7, 11) is 1.83.